The van der Waals surface area contributed by atoms with Crippen LogP contribution in [-0.4, -0.2) is 68.5 Å². The van der Waals surface area contributed by atoms with Crippen molar-refractivity contribution in [1.29, 1.82) is 0 Å². The number of carbonyl (C=O) groups excluding carboxylic acids is 2. The van der Waals surface area contributed by atoms with Gasteiger partial charge in [-0.25, -0.2) is 4.79 Å². The Morgan fingerprint density at radius 3 is 2.37 bits per heavy atom. The molecule has 0 radical (unpaired) electrons. The summed E-state index contributed by atoms with van der Waals surface area (Å²) in [5.41, 5.74) is 0.331. The molecule has 35 heavy (non-hydrogen) atoms. The number of ketones is 1. The second-order valence-corrected chi connectivity index (χ2v) is 9.89. The largest absolute Gasteiger partial charge is 0.486 e. The van der Waals surface area contributed by atoms with Crippen LogP contribution in [0, 0.1) is 12.3 Å². The topological polar surface area (TPSA) is 74.3 Å². The number of hydrogen-bond acceptors (Lipinski definition) is 6. The van der Waals surface area contributed by atoms with Gasteiger partial charge in [-0.15, -0.1) is 13.2 Å². The molecule has 1 aromatic rings. The summed E-state index contributed by atoms with van der Waals surface area (Å²) < 4.78 is 23.4. The minimum Gasteiger partial charge on any atom is -0.486 e. The van der Waals surface area contributed by atoms with E-state index in [9.17, 15) is 9.59 Å². The van der Waals surface area contributed by atoms with Crippen molar-refractivity contribution in [3.05, 3.63) is 53.6 Å². The van der Waals surface area contributed by atoms with Crippen molar-refractivity contribution in [1.82, 2.24) is 4.90 Å². The van der Waals surface area contributed by atoms with Crippen molar-refractivity contribution in [3.8, 4) is 5.75 Å². The number of ether oxygens (including phenoxy) is 4. The number of aryl methyl sites for hydroxylation is 1. The zero-order chi connectivity index (χ0) is 25.5. The number of Topliss-reactive ketones (excluding diaryl/α,β-unsaturated/α-hetero) is 1. The number of piperidine rings is 1. The quantitative estimate of drug-likeness (QED) is 0.296. The molecule has 1 spiro atoms. The van der Waals surface area contributed by atoms with E-state index in [1.54, 1.807) is 23.1 Å². The fourth-order valence-electron chi connectivity index (χ4n) is 4.45. The first-order valence-corrected chi connectivity index (χ1v) is 12.5. The van der Waals surface area contributed by atoms with Crippen LogP contribution in [-0.2, 0) is 14.2 Å². The SMILES string of the molecule is C=CCOCC(CC)(COCC=C)COC(=O)N1CCC2(CC1)CC(=O)c1cc(Cl)c(C)cc1O2. The van der Waals surface area contributed by atoms with E-state index in [1.807, 2.05) is 19.9 Å². The van der Waals surface area contributed by atoms with E-state index in [0.717, 1.165) is 12.0 Å². The molecule has 2 aliphatic heterocycles. The average molecular weight is 506 g/mol. The van der Waals surface area contributed by atoms with Crippen molar-refractivity contribution < 1.29 is 28.5 Å². The van der Waals surface area contributed by atoms with Crippen LogP contribution in [0.4, 0.5) is 4.79 Å². The lowest BCUT2D eigenvalue weighted by Crippen LogP contribution is -2.52. The number of hydrogen-bond donors (Lipinski definition) is 0. The number of halogens is 1. The zero-order valence-electron chi connectivity index (χ0n) is 20.8. The monoisotopic (exact) mass is 505 g/mol. The molecule has 1 amide bonds. The lowest BCUT2D eigenvalue weighted by atomic mass is 9.82. The molecule has 0 unspecified atom stereocenters. The molecule has 8 heteroatoms. The van der Waals surface area contributed by atoms with Gasteiger partial charge in [0.25, 0.3) is 0 Å². The lowest BCUT2D eigenvalue weighted by Gasteiger charge is -2.44. The van der Waals surface area contributed by atoms with Gasteiger partial charge in [0, 0.05) is 31.0 Å². The van der Waals surface area contributed by atoms with E-state index in [1.165, 1.54) is 0 Å². The summed E-state index contributed by atoms with van der Waals surface area (Å²) in [5, 5.41) is 0.558. The van der Waals surface area contributed by atoms with Crippen LogP contribution in [0.2, 0.25) is 5.02 Å². The van der Waals surface area contributed by atoms with Crippen molar-refractivity contribution >= 4 is 23.5 Å². The first-order valence-electron chi connectivity index (χ1n) is 12.1. The summed E-state index contributed by atoms with van der Waals surface area (Å²) >= 11 is 6.19. The molecule has 192 valence electrons. The first kappa shape index (κ1) is 27.2. The van der Waals surface area contributed by atoms with Crippen LogP contribution in [0.1, 0.15) is 48.5 Å². The van der Waals surface area contributed by atoms with Gasteiger partial charge in [0.15, 0.2) is 5.78 Å². The highest BCUT2D eigenvalue weighted by Gasteiger charge is 2.44. The maximum atomic E-state index is 12.9. The highest BCUT2D eigenvalue weighted by atomic mass is 35.5. The highest BCUT2D eigenvalue weighted by Crippen LogP contribution is 2.41. The van der Waals surface area contributed by atoms with Gasteiger partial charge in [0.1, 0.15) is 18.0 Å². The van der Waals surface area contributed by atoms with Crippen molar-refractivity contribution in [2.24, 2.45) is 5.41 Å². The molecular formula is C27H36ClNO6. The Balaban J connectivity index is 1.58. The Bertz CT molecular complexity index is 924. The molecule has 0 saturated carbocycles. The molecular weight excluding hydrogens is 470 g/mol. The van der Waals surface area contributed by atoms with E-state index in [2.05, 4.69) is 13.2 Å². The third kappa shape index (κ3) is 6.66. The number of amides is 1. The minimum absolute atomic E-state index is 0.0240. The van der Waals surface area contributed by atoms with Crippen LogP contribution >= 0.6 is 11.6 Å². The smallest absolute Gasteiger partial charge is 0.409 e. The number of nitrogens with zero attached hydrogens (tertiary/aromatic N) is 1. The van der Waals surface area contributed by atoms with Gasteiger partial charge in [-0.05, 0) is 31.0 Å². The molecule has 0 aliphatic carbocycles. The number of fused-ring (bicyclic) bond motifs is 1. The molecule has 2 aliphatic rings. The zero-order valence-corrected chi connectivity index (χ0v) is 21.5. The van der Waals surface area contributed by atoms with Gasteiger partial charge in [0.2, 0.25) is 0 Å². The summed E-state index contributed by atoms with van der Waals surface area (Å²) in [4.78, 5) is 27.4. The molecule has 0 bridgehead atoms. The van der Waals surface area contributed by atoms with Gasteiger partial charge in [-0.3, -0.25) is 4.79 Å². The predicted molar refractivity (Wildman–Crippen MR) is 135 cm³/mol. The standard InChI is InChI=1S/C27H36ClNO6/c1-5-12-32-17-26(7-3,18-33-13-6-2)19-34-25(31)29-10-8-27(9-11-29)16-23(30)21-15-22(28)20(4)14-24(21)35-27/h5-6,14-15H,1-2,7-13,16-19H2,3-4H3. The second-order valence-electron chi connectivity index (χ2n) is 9.49. The van der Waals surface area contributed by atoms with Crippen LogP contribution in [0.15, 0.2) is 37.4 Å². The maximum absolute atomic E-state index is 12.9. The number of benzene rings is 1. The molecule has 1 saturated heterocycles. The third-order valence-electron chi connectivity index (χ3n) is 6.84. The van der Waals surface area contributed by atoms with E-state index in [4.69, 9.17) is 30.5 Å². The van der Waals surface area contributed by atoms with Gasteiger partial charge in [-0.1, -0.05) is 30.7 Å². The van der Waals surface area contributed by atoms with Crippen LogP contribution in [0.3, 0.4) is 0 Å². The van der Waals surface area contributed by atoms with E-state index >= 15 is 0 Å². The molecule has 3 rings (SSSR count). The molecule has 0 aromatic heterocycles. The lowest BCUT2D eigenvalue weighted by molar-refractivity contribution is -0.0554. The Kier molecular flexibility index (Phi) is 9.39. The van der Waals surface area contributed by atoms with Gasteiger partial charge in [-0.2, -0.15) is 0 Å². The Labute approximate surface area is 213 Å². The van der Waals surface area contributed by atoms with Crippen LogP contribution < -0.4 is 4.74 Å². The third-order valence-corrected chi connectivity index (χ3v) is 7.25. The Morgan fingerprint density at radius 2 is 1.80 bits per heavy atom. The predicted octanol–water partition coefficient (Wildman–Crippen LogP) is 5.39. The molecule has 7 nitrogen and oxygen atoms in total. The summed E-state index contributed by atoms with van der Waals surface area (Å²) in [6.07, 6.45) is 5.10. The van der Waals surface area contributed by atoms with Crippen LogP contribution in [0.25, 0.3) is 0 Å². The number of carbonyl (C=O) groups is 2. The maximum Gasteiger partial charge on any atom is 0.409 e. The molecule has 1 aromatic carbocycles. The van der Waals surface area contributed by atoms with Crippen molar-refractivity contribution in [2.75, 3.05) is 46.1 Å². The van der Waals surface area contributed by atoms with E-state index in [0.29, 0.717) is 68.7 Å². The number of likely N-dealkylation sites (tertiary alicyclic amines) is 1. The fraction of sp³-hybridized carbons (Fsp3) is 0.556. The average Bonchev–Trinajstić information content (AvgIpc) is 2.84. The fourth-order valence-corrected chi connectivity index (χ4v) is 4.61. The highest BCUT2D eigenvalue weighted by molar-refractivity contribution is 6.31. The summed E-state index contributed by atoms with van der Waals surface area (Å²) in [5.74, 6) is 0.599. The molecule has 0 atom stereocenters. The first-order chi connectivity index (χ1) is 16.8. The molecule has 2 heterocycles. The molecule has 1 fully saturated rings. The van der Waals surface area contributed by atoms with E-state index in [-0.39, 0.29) is 24.9 Å². The van der Waals surface area contributed by atoms with Crippen LogP contribution in [0.5, 0.6) is 5.75 Å². The summed E-state index contributed by atoms with van der Waals surface area (Å²) in [6, 6.07) is 3.51. The van der Waals surface area contributed by atoms with Crippen molar-refractivity contribution in [3.63, 3.8) is 0 Å². The Morgan fingerprint density at radius 1 is 1.17 bits per heavy atom. The summed E-state index contributed by atoms with van der Waals surface area (Å²) in [7, 11) is 0. The van der Waals surface area contributed by atoms with E-state index < -0.39 is 11.0 Å². The Hall–Kier alpha value is -2.35. The van der Waals surface area contributed by atoms with Gasteiger partial charge in [0.05, 0.1) is 43.8 Å². The van der Waals surface area contributed by atoms with Crippen molar-refractivity contribution in [2.45, 2.75) is 45.1 Å². The van der Waals surface area contributed by atoms with Gasteiger partial charge >= 0.3 is 6.09 Å². The second kappa shape index (κ2) is 12.1. The summed E-state index contributed by atoms with van der Waals surface area (Å²) in [6.45, 7) is 14.0. The van der Waals surface area contributed by atoms with Gasteiger partial charge < -0.3 is 23.8 Å². The number of rotatable bonds is 11. The minimum atomic E-state index is -0.606. The normalized spacial score (nSPS) is 17.0. The molecule has 0 N–H and O–H groups in total.